The van der Waals surface area contributed by atoms with E-state index in [1.165, 1.54) is 23.1 Å². The Labute approximate surface area is 153 Å². The van der Waals surface area contributed by atoms with Gasteiger partial charge in [0.25, 0.3) is 5.56 Å². The van der Waals surface area contributed by atoms with Crippen molar-refractivity contribution in [2.75, 3.05) is 0 Å². The number of hydrogen-bond acceptors (Lipinski definition) is 5. The Balaban J connectivity index is 1.76. The summed E-state index contributed by atoms with van der Waals surface area (Å²) in [6, 6.07) is 11.5. The Kier molecular flexibility index (Phi) is 4.35. The van der Waals surface area contributed by atoms with Crippen LogP contribution in [-0.2, 0) is 4.79 Å². The Morgan fingerprint density at radius 1 is 1.32 bits per heavy atom. The fourth-order valence-corrected chi connectivity index (χ4v) is 4.28. The highest BCUT2D eigenvalue weighted by atomic mass is 32.2. The number of thioether (sulfide) groups is 1. The van der Waals surface area contributed by atoms with Gasteiger partial charge in [-0.15, -0.1) is 11.3 Å². The third-order valence-electron chi connectivity index (χ3n) is 4.06. The lowest BCUT2D eigenvalue weighted by Gasteiger charge is -2.15. The summed E-state index contributed by atoms with van der Waals surface area (Å²) >= 11 is 2.76. The van der Waals surface area contributed by atoms with Crippen molar-refractivity contribution in [3.8, 4) is 5.69 Å². The van der Waals surface area contributed by atoms with E-state index in [1.807, 2.05) is 42.6 Å². The van der Waals surface area contributed by atoms with E-state index in [9.17, 15) is 9.59 Å². The van der Waals surface area contributed by atoms with Crippen molar-refractivity contribution >= 4 is 39.2 Å². The number of para-hydroxylation sites is 1. The summed E-state index contributed by atoms with van der Waals surface area (Å²) in [5.41, 5.74) is 0.653. The molecule has 1 atom stereocenters. The molecule has 0 aliphatic heterocycles. The summed E-state index contributed by atoms with van der Waals surface area (Å²) in [6.07, 6.45) is 2.11. The van der Waals surface area contributed by atoms with Gasteiger partial charge < -0.3 is 5.32 Å². The molecule has 1 N–H and O–H groups in total. The van der Waals surface area contributed by atoms with Gasteiger partial charge in [0, 0.05) is 6.04 Å². The first-order valence-corrected chi connectivity index (χ1v) is 9.92. The van der Waals surface area contributed by atoms with Crippen LogP contribution in [0.3, 0.4) is 0 Å². The van der Waals surface area contributed by atoms with Crippen LogP contribution in [0.4, 0.5) is 0 Å². The van der Waals surface area contributed by atoms with Crippen LogP contribution in [0, 0.1) is 0 Å². The van der Waals surface area contributed by atoms with Gasteiger partial charge in [0.2, 0.25) is 5.91 Å². The summed E-state index contributed by atoms with van der Waals surface area (Å²) < 4.78 is 1.60. The van der Waals surface area contributed by atoms with E-state index in [4.69, 9.17) is 0 Å². The zero-order valence-corrected chi connectivity index (χ0v) is 15.3. The number of thiophene rings is 1. The van der Waals surface area contributed by atoms with Gasteiger partial charge in [0.1, 0.15) is 4.83 Å². The molecule has 1 amide bonds. The van der Waals surface area contributed by atoms with Gasteiger partial charge in [-0.1, -0.05) is 30.0 Å². The Morgan fingerprint density at radius 2 is 2.08 bits per heavy atom. The van der Waals surface area contributed by atoms with Gasteiger partial charge in [-0.05, 0) is 43.3 Å². The number of benzene rings is 1. The van der Waals surface area contributed by atoms with Gasteiger partial charge in [-0.2, -0.15) is 0 Å². The molecule has 25 heavy (non-hydrogen) atoms. The average Bonchev–Trinajstić information content (AvgIpc) is 3.29. The van der Waals surface area contributed by atoms with E-state index in [0.717, 1.165) is 18.5 Å². The molecule has 1 fully saturated rings. The first-order valence-electron chi connectivity index (χ1n) is 8.16. The molecule has 1 aliphatic rings. The minimum atomic E-state index is -0.320. The molecule has 2 heterocycles. The zero-order valence-electron chi connectivity index (χ0n) is 13.6. The van der Waals surface area contributed by atoms with Crippen molar-refractivity contribution in [2.45, 2.75) is 36.2 Å². The molecule has 5 nitrogen and oxygen atoms in total. The third kappa shape index (κ3) is 3.34. The second kappa shape index (κ2) is 6.65. The van der Waals surface area contributed by atoms with Crippen LogP contribution in [-0.4, -0.2) is 26.8 Å². The standard InChI is InChI=1S/C18H17N3O2S2/c1-11(15(22)19-12-7-8-12)25-18-20-16-14(9-10-24-16)17(23)21(18)13-5-3-2-4-6-13/h2-6,9-12H,7-8H2,1H3,(H,19,22)/t11-/m1/s1. The number of carbonyl (C=O) groups is 1. The summed E-state index contributed by atoms with van der Waals surface area (Å²) in [4.78, 5) is 30.6. The van der Waals surface area contributed by atoms with Crippen molar-refractivity contribution in [1.29, 1.82) is 0 Å². The monoisotopic (exact) mass is 371 g/mol. The van der Waals surface area contributed by atoms with Crippen LogP contribution in [0.2, 0.25) is 0 Å². The number of hydrogen-bond donors (Lipinski definition) is 1. The molecular formula is C18H17N3O2S2. The van der Waals surface area contributed by atoms with Crippen LogP contribution < -0.4 is 10.9 Å². The number of fused-ring (bicyclic) bond motifs is 1. The summed E-state index contributed by atoms with van der Waals surface area (Å²) in [5, 5.41) is 5.71. The molecule has 0 radical (unpaired) electrons. The lowest BCUT2D eigenvalue weighted by Crippen LogP contribution is -2.33. The molecule has 128 valence electrons. The molecule has 0 bridgehead atoms. The molecule has 1 saturated carbocycles. The number of rotatable bonds is 5. The third-order valence-corrected chi connectivity index (χ3v) is 5.92. The predicted molar refractivity (Wildman–Crippen MR) is 102 cm³/mol. The molecule has 3 aromatic rings. The molecule has 2 aromatic heterocycles. The van der Waals surface area contributed by atoms with E-state index >= 15 is 0 Å². The van der Waals surface area contributed by atoms with Gasteiger partial charge in [-0.25, -0.2) is 4.98 Å². The summed E-state index contributed by atoms with van der Waals surface area (Å²) in [6.45, 7) is 1.85. The Morgan fingerprint density at radius 3 is 2.80 bits per heavy atom. The molecular weight excluding hydrogens is 354 g/mol. The topological polar surface area (TPSA) is 64.0 Å². The van der Waals surface area contributed by atoms with Crippen molar-refractivity contribution in [3.05, 3.63) is 52.1 Å². The highest BCUT2D eigenvalue weighted by Crippen LogP contribution is 2.27. The van der Waals surface area contributed by atoms with Gasteiger partial charge in [0.15, 0.2) is 5.16 Å². The molecule has 1 aromatic carbocycles. The van der Waals surface area contributed by atoms with E-state index in [1.54, 1.807) is 10.6 Å². The second-order valence-electron chi connectivity index (χ2n) is 6.05. The minimum absolute atomic E-state index is 0.00682. The van der Waals surface area contributed by atoms with Crippen molar-refractivity contribution in [1.82, 2.24) is 14.9 Å². The van der Waals surface area contributed by atoms with E-state index in [-0.39, 0.29) is 16.7 Å². The smallest absolute Gasteiger partial charge is 0.267 e. The van der Waals surface area contributed by atoms with Gasteiger partial charge >= 0.3 is 0 Å². The Hall–Kier alpha value is -2.12. The van der Waals surface area contributed by atoms with Crippen LogP contribution >= 0.6 is 23.1 Å². The van der Waals surface area contributed by atoms with Crippen molar-refractivity contribution in [2.24, 2.45) is 0 Å². The fourth-order valence-electron chi connectivity index (χ4n) is 2.54. The van der Waals surface area contributed by atoms with Crippen LogP contribution in [0.5, 0.6) is 0 Å². The lowest BCUT2D eigenvalue weighted by atomic mass is 10.3. The van der Waals surface area contributed by atoms with Crippen molar-refractivity contribution in [3.63, 3.8) is 0 Å². The van der Waals surface area contributed by atoms with Crippen LogP contribution in [0.25, 0.3) is 15.9 Å². The molecule has 4 rings (SSSR count). The summed E-state index contributed by atoms with van der Waals surface area (Å²) in [7, 11) is 0. The fraction of sp³-hybridized carbons (Fsp3) is 0.278. The molecule has 0 spiro atoms. The maximum atomic E-state index is 13.0. The lowest BCUT2D eigenvalue weighted by molar-refractivity contribution is -0.120. The number of amides is 1. The number of carbonyl (C=O) groups excluding carboxylic acids is 1. The number of nitrogens with one attached hydrogen (secondary N) is 1. The quantitative estimate of drug-likeness (QED) is 0.553. The van der Waals surface area contributed by atoms with Gasteiger partial charge in [-0.3, -0.25) is 14.2 Å². The zero-order chi connectivity index (χ0) is 17.4. The molecule has 0 unspecified atom stereocenters. The predicted octanol–water partition coefficient (Wildman–Crippen LogP) is 3.21. The van der Waals surface area contributed by atoms with E-state index in [2.05, 4.69) is 10.3 Å². The minimum Gasteiger partial charge on any atom is -0.352 e. The van der Waals surface area contributed by atoms with Gasteiger partial charge in [0.05, 0.1) is 16.3 Å². The maximum Gasteiger partial charge on any atom is 0.267 e. The first-order chi connectivity index (χ1) is 12.1. The molecule has 0 saturated heterocycles. The first kappa shape index (κ1) is 16.4. The molecule has 7 heteroatoms. The van der Waals surface area contributed by atoms with E-state index < -0.39 is 0 Å². The highest BCUT2D eigenvalue weighted by Gasteiger charge is 2.27. The number of nitrogens with zero attached hydrogens (tertiary/aromatic N) is 2. The number of aromatic nitrogens is 2. The van der Waals surface area contributed by atoms with Crippen LogP contribution in [0.1, 0.15) is 19.8 Å². The molecule has 1 aliphatic carbocycles. The summed E-state index contributed by atoms with van der Waals surface area (Å²) in [5.74, 6) is -0.00682. The average molecular weight is 371 g/mol. The highest BCUT2D eigenvalue weighted by molar-refractivity contribution is 8.00. The SMILES string of the molecule is C[C@@H](Sc1nc2sccc2c(=O)n1-c1ccccc1)C(=O)NC1CC1. The van der Waals surface area contributed by atoms with Crippen LogP contribution in [0.15, 0.2) is 51.7 Å². The normalized spacial score (nSPS) is 15.2. The largest absolute Gasteiger partial charge is 0.352 e. The van der Waals surface area contributed by atoms with Crippen molar-refractivity contribution < 1.29 is 4.79 Å². The van der Waals surface area contributed by atoms with E-state index in [0.29, 0.717) is 21.4 Å². The Bertz CT molecular complexity index is 977. The maximum absolute atomic E-state index is 13.0. The second-order valence-corrected chi connectivity index (χ2v) is 8.26.